The number of carbonyl (C=O) groups excluding carboxylic acids is 1. The molecule has 0 unspecified atom stereocenters. The van der Waals surface area contributed by atoms with Crippen molar-refractivity contribution in [3.8, 4) is 0 Å². The van der Waals surface area contributed by atoms with Crippen LogP contribution in [-0.2, 0) is 4.79 Å². The van der Waals surface area contributed by atoms with Gasteiger partial charge < -0.3 is 11.1 Å². The molecule has 4 saturated carbocycles. The second-order valence-electron chi connectivity index (χ2n) is 8.73. The monoisotopic (exact) mass is 292 g/mol. The molecule has 0 aromatic rings. The highest BCUT2D eigenvalue weighted by atomic mass is 16.1. The number of amides is 1. The summed E-state index contributed by atoms with van der Waals surface area (Å²) in [6.07, 6.45) is 8.87. The van der Waals surface area contributed by atoms with Crippen LogP contribution in [0, 0.1) is 35.0 Å². The molecule has 4 aliphatic carbocycles. The van der Waals surface area contributed by atoms with Gasteiger partial charge in [-0.05, 0) is 80.6 Å². The first kappa shape index (κ1) is 15.3. The Balaban J connectivity index is 1.54. The van der Waals surface area contributed by atoms with Crippen molar-refractivity contribution in [1.82, 2.24) is 5.32 Å². The number of hydrogen-bond acceptors (Lipinski definition) is 2. The molecule has 4 rings (SSSR count). The van der Waals surface area contributed by atoms with Gasteiger partial charge in [-0.3, -0.25) is 4.79 Å². The molecule has 3 N–H and O–H groups in total. The largest absolute Gasteiger partial charge is 0.355 e. The van der Waals surface area contributed by atoms with Crippen molar-refractivity contribution in [2.24, 2.45) is 40.7 Å². The molecule has 0 aromatic heterocycles. The van der Waals surface area contributed by atoms with Gasteiger partial charge in [-0.1, -0.05) is 13.8 Å². The molecule has 4 aliphatic rings. The molecule has 4 fully saturated rings. The van der Waals surface area contributed by atoms with Gasteiger partial charge in [0.05, 0.1) is 0 Å². The fraction of sp³-hybridized carbons (Fsp3) is 0.944. The van der Waals surface area contributed by atoms with Gasteiger partial charge in [0, 0.05) is 12.5 Å². The maximum Gasteiger partial charge on any atom is 0.223 e. The SMILES string of the molecule is CC(C)(CCCN)CNC(=O)C1C2CC3CC(C2)CC1C3. The molecular formula is C18H32N2O. The van der Waals surface area contributed by atoms with Gasteiger partial charge in [0.25, 0.3) is 0 Å². The lowest BCUT2D eigenvalue weighted by Gasteiger charge is -2.53. The topological polar surface area (TPSA) is 55.1 Å². The molecule has 4 bridgehead atoms. The highest BCUT2D eigenvalue weighted by Crippen LogP contribution is 2.56. The molecule has 21 heavy (non-hydrogen) atoms. The highest BCUT2D eigenvalue weighted by Gasteiger charge is 2.50. The predicted octanol–water partition coefficient (Wildman–Crippen LogP) is 2.94. The standard InChI is InChI=1S/C18H32N2O/c1-18(2,4-3-5-19)11-20-17(21)16-14-7-12-6-13(9-14)10-15(16)8-12/h12-16H,3-11,19H2,1-2H3,(H,20,21). The minimum Gasteiger partial charge on any atom is -0.355 e. The molecule has 0 aromatic carbocycles. The van der Waals surface area contributed by atoms with E-state index < -0.39 is 0 Å². The molecule has 0 heterocycles. The number of carbonyl (C=O) groups is 1. The van der Waals surface area contributed by atoms with Gasteiger partial charge in [-0.2, -0.15) is 0 Å². The number of rotatable bonds is 6. The maximum atomic E-state index is 12.7. The van der Waals surface area contributed by atoms with E-state index in [1.807, 2.05) is 0 Å². The van der Waals surface area contributed by atoms with Crippen molar-refractivity contribution in [2.45, 2.75) is 58.8 Å². The van der Waals surface area contributed by atoms with E-state index in [0.717, 1.165) is 37.8 Å². The number of hydrogen-bond donors (Lipinski definition) is 2. The summed E-state index contributed by atoms with van der Waals surface area (Å²) >= 11 is 0. The van der Waals surface area contributed by atoms with Gasteiger partial charge in [0.15, 0.2) is 0 Å². The van der Waals surface area contributed by atoms with E-state index in [1.165, 1.54) is 32.1 Å². The van der Waals surface area contributed by atoms with E-state index in [1.54, 1.807) is 0 Å². The zero-order chi connectivity index (χ0) is 15.0. The fourth-order valence-corrected chi connectivity index (χ4v) is 5.47. The van der Waals surface area contributed by atoms with Gasteiger partial charge in [-0.25, -0.2) is 0 Å². The zero-order valence-electron chi connectivity index (χ0n) is 13.7. The van der Waals surface area contributed by atoms with Crippen LogP contribution in [0.3, 0.4) is 0 Å². The van der Waals surface area contributed by atoms with Gasteiger partial charge in [-0.15, -0.1) is 0 Å². The minimum absolute atomic E-state index is 0.168. The van der Waals surface area contributed by atoms with E-state index in [9.17, 15) is 4.79 Å². The maximum absolute atomic E-state index is 12.7. The van der Waals surface area contributed by atoms with Crippen LogP contribution in [0.2, 0.25) is 0 Å². The van der Waals surface area contributed by atoms with Crippen molar-refractivity contribution in [2.75, 3.05) is 13.1 Å². The Labute approximate surface area is 129 Å². The molecule has 0 atom stereocenters. The summed E-state index contributed by atoms with van der Waals surface area (Å²) in [7, 11) is 0. The van der Waals surface area contributed by atoms with Crippen LogP contribution in [0.4, 0.5) is 0 Å². The van der Waals surface area contributed by atoms with Crippen molar-refractivity contribution in [3.05, 3.63) is 0 Å². The van der Waals surface area contributed by atoms with Gasteiger partial charge >= 0.3 is 0 Å². The van der Waals surface area contributed by atoms with Crippen molar-refractivity contribution in [3.63, 3.8) is 0 Å². The van der Waals surface area contributed by atoms with Crippen molar-refractivity contribution < 1.29 is 4.79 Å². The lowest BCUT2D eigenvalue weighted by molar-refractivity contribution is -0.138. The molecule has 0 aliphatic heterocycles. The van der Waals surface area contributed by atoms with E-state index in [0.29, 0.717) is 23.7 Å². The third kappa shape index (κ3) is 3.28. The van der Waals surface area contributed by atoms with Crippen LogP contribution in [0.25, 0.3) is 0 Å². The Morgan fingerprint density at radius 2 is 1.67 bits per heavy atom. The van der Waals surface area contributed by atoms with Gasteiger partial charge in [0.1, 0.15) is 0 Å². The van der Waals surface area contributed by atoms with Crippen molar-refractivity contribution >= 4 is 5.91 Å². The van der Waals surface area contributed by atoms with E-state index in [-0.39, 0.29) is 5.41 Å². The Kier molecular flexibility index (Phi) is 4.31. The van der Waals surface area contributed by atoms with Crippen LogP contribution in [0.15, 0.2) is 0 Å². The van der Waals surface area contributed by atoms with Crippen LogP contribution < -0.4 is 11.1 Å². The first-order valence-electron chi connectivity index (χ1n) is 8.96. The van der Waals surface area contributed by atoms with E-state index in [2.05, 4.69) is 19.2 Å². The number of nitrogens with one attached hydrogen (secondary N) is 1. The van der Waals surface area contributed by atoms with Gasteiger partial charge in [0.2, 0.25) is 5.91 Å². The molecule has 120 valence electrons. The third-order valence-electron chi connectivity index (χ3n) is 6.33. The van der Waals surface area contributed by atoms with Crippen LogP contribution in [0.1, 0.15) is 58.8 Å². The summed E-state index contributed by atoms with van der Waals surface area (Å²) in [5, 5.41) is 3.28. The Morgan fingerprint density at radius 3 is 2.19 bits per heavy atom. The average molecular weight is 292 g/mol. The average Bonchev–Trinajstić information content (AvgIpc) is 2.42. The smallest absolute Gasteiger partial charge is 0.223 e. The lowest BCUT2D eigenvalue weighted by atomic mass is 9.51. The molecule has 0 saturated heterocycles. The first-order valence-corrected chi connectivity index (χ1v) is 8.96. The van der Waals surface area contributed by atoms with Crippen LogP contribution in [-0.4, -0.2) is 19.0 Å². The summed E-state index contributed by atoms with van der Waals surface area (Å²) < 4.78 is 0. The van der Waals surface area contributed by atoms with Crippen LogP contribution >= 0.6 is 0 Å². The lowest BCUT2D eigenvalue weighted by Crippen LogP contribution is -2.51. The van der Waals surface area contributed by atoms with E-state index >= 15 is 0 Å². The van der Waals surface area contributed by atoms with Crippen molar-refractivity contribution in [1.29, 1.82) is 0 Å². The van der Waals surface area contributed by atoms with Crippen LogP contribution in [0.5, 0.6) is 0 Å². The molecule has 0 spiro atoms. The normalized spacial score (nSPS) is 37.8. The summed E-state index contributed by atoms with van der Waals surface area (Å²) in [6.45, 7) is 6.02. The fourth-order valence-electron chi connectivity index (χ4n) is 5.47. The second-order valence-corrected chi connectivity index (χ2v) is 8.73. The molecule has 3 nitrogen and oxygen atoms in total. The minimum atomic E-state index is 0.168. The molecular weight excluding hydrogens is 260 g/mol. The second kappa shape index (κ2) is 5.91. The summed E-state index contributed by atoms with van der Waals surface area (Å²) in [5.74, 6) is 3.93. The summed E-state index contributed by atoms with van der Waals surface area (Å²) in [6, 6.07) is 0. The quantitative estimate of drug-likeness (QED) is 0.791. The predicted molar refractivity (Wildman–Crippen MR) is 85.6 cm³/mol. The molecule has 1 amide bonds. The Hall–Kier alpha value is -0.570. The molecule has 3 heteroatoms. The highest BCUT2D eigenvalue weighted by molar-refractivity contribution is 5.79. The zero-order valence-corrected chi connectivity index (χ0v) is 13.7. The summed E-state index contributed by atoms with van der Waals surface area (Å²) in [5.41, 5.74) is 5.77. The summed E-state index contributed by atoms with van der Waals surface area (Å²) in [4.78, 5) is 12.7. The van der Waals surface area contributed by atoms with E-state index in [4.69, 9.17) is 5.73 Å². The Bertz CT molecular complexity index is 363. The number of nitrogens with two attached hydrogens (primary N) is 1. The third-order valence-corrected chi connectivity index (χ3v) is 6.33. The Morgan fingerprint density at radius 1 is 1.10 bits per heavy atom. The molecule has 0 radical (unpaired) electrons. The first-order chi connectivity index (χ1) is 9.98.